The van der Waals surface area contributed by atoms with Crippen molar-refractivity contribution in [2.24, 2.45) is 5.92 Å². The number of carbonyl (C=O) groups excluding carboxylic acids is 2. The number of aliphatic hydroxyl groups excluding tert-OH is 1. The van der Waals surface area contributed by atoms with Crippen LogP contribution in [0.2, 0.25) is 0 Å². The van der Waals surface area contributed by atoms with Crippen molar-refractivity contribution in [2.75, 3.05) is 59.2 Å². The number of rotatable bonds is 16. The number of likely N-dealkylation sites (tertiary alicyclic amines) is 1. The zero-order valence-electron chi connectivity index (χ0n) is 24.0. The lowest BCUT2D eigenvalue weighted by Crippen LogP contribution is -2.47. The van der Waals surface area contributed by atoms with Crippen LogP contribution in [-0.4, -0.2) is 93.6 Å². The van der Waals surface area contributed by atoms with Crippen LogP contribution in [0.3, 0.4) is 0 Å². The molecule has 11 nitrogen and oxygen atoms in total. The third-order valence-electron chi connectivity index (χ3n) is 6.11. The lowest BCUT2D eigenvalue weighted by molar-refractivity contribution is 0.0309. The van der Waals surface area contributed by atoms with Gasteiger partial charge >= 0.3 is 12.2 Å². The van der Waals surface area contributed by atoms with Gasteiger partial charge in [-0.25, -0.2) is 9.59 Å². The van der Waals surface area contributed by atoms with Crippen molar-refractivity contribution < 1.29 is 38.4 Å². The first-order valence-corrected chi connectivity index (χ1v) is 14.2. The molecule has 1 aliphatic heterocycles. The van der Waals surface area contributed by atoms with Gasteiger partial charge in [0.1, 0.15) is 42.7 Å². The van der Waals surface area contributed by atoms with Gasteiger partial charge in [-0.3, -0.25) is 0 Å². The molecule has 0 saturated carbocycles. The summed E-state index contributed by atoms with van der Waals surface area (Å²) >= 11 is 0. The number of carbonyl (C=O) groups is 2. The van der Waals surface area contributed by atoms with E-state index in [1.807, 2.05) is 18.2 Å². The smallest absolute Gasteiger partial charge is 0.491 e. The molecule has 2 amide bonds. The van der Waals surface area contributed by atoms with E-state index >= 15 is 0 Å². The lowest BCUT2D eigenvalue weighted by Gasteiger charge is -2.31. The highest BCUT2D eigenvalue weighted by atomic mass is 16.7. The second-order valence-corrected chi connectivity index (χ2v) is 10.2. The number of piperidine rings is 1. The van der Waals surface area contributed by atoms with Gasteiger partial charge in [0.25, 0.3) is 0 Å². The van der Waals surface area contributed by atoms with Crippen molar-refractivity contribution in [3.63, 3.8) is 0 Å². The quantitative estimate of drug-likeness (QED) is 0.157. The molecule has 1 aliphatic rings. The molecule has 0 bridgehead atoms. The van der Waals surface area contributed by atoms with Crippen LogP contribution in [0.4, 0.5) is 9.59 Å². The molecule has 41 heavy (non-hydrogen) atoms. The summed E-state index contributed by atoms with van der Waals surface area (Å²) in [6.07, 6.45) is -0.631. The van der Waals surface area contributed by atoms with E-state index < -0.39 is 12.3 Å². The van der Waals surface area contributed by atoms with Gasteiger partial charge in [-0.05, 0) is 42.3 Å². The van der Waals surface area contributed by atoms with Crippen LogP contribution < -0.4 is 24.8 Å². The molecule has 1 heterocycles. The summed E-state index contributed by atoms with van der Waals surface area (Å²) in [5.41, 5.74) is 0. The van der Waals surface area contributed by atoms with Gasteiger partial charge < -0.3 is 44.3 Å². The van der Waals surface area contributed by atoms with Crippen molar-refractivity contribution >= 4 is 12.2 Å². The lowest BCUT2D eigenvalue weighted by atomic mass is 10.1. The molecule has 0 spiro atoms. The number of urea groups is 1. The molecular weight excluding hydrogens is 530 g/mol. The van der Waals surface area contributed by atoms with Crippen molar-refractivity contribution in [2.45, 2.75) is 38.9 Å². The van der Waals surface area contributed by atoms with Gasteiger partial charge in [-0.2, -0.15) is 0 Å². The monoisotopic (exact) mass is 573 g/mol. The van der Waals surface area contributed by atoms with Crippen molar-refractivity contribution in [1.82, 2.24) is 15.5 Å². The average Bonchev–Trinajstić information content (AvgIpc) is 2.97. The maximum absolute atomic E-state index is 12.4. The molecule has 3 rings (SSSR count). The second kappa shape index (κ2) is 18.0. The normalized spacial score (nSPS) is 14.4. The SMILES string of the molecule is CC(C)COCCOc1ccc(OCC(O)CNCCNC(=O)N2CCC(OC(=O)Oc3ccccc3)CC2)cc1. The van der Waals surface area contributed by atoms with E-state index in [1.165, 1.54) is 0 Å². The summed E-state index contributed by atoms with van der Waals surface area (Å²) in [5, 5.41) is 16.2. The molecule has 226 valence electrons. The molecule has 1 unspecified atom stereocenters. The topological polar surface area (TPSA) is 128 Å². The van der Waals surface area contributed by atoms with E-state index in [1.54, 1.807) is 41.3 Å². The van der Waals surface area contributed by atoms with Gasteiger partial charge in [0, 0.05) is 52.2 Å². The molecule has 1 saturated heterocycles. The predicted octanol–water partition coefficient (Wildman–Crippen LogP) is 3.46. The van der Waals surface area contributed by atoms with E-state index in [-0.39, 0.29) is 18.7 Å². The first-order chi connectivity index (χ1) is 19.9. The van der Waals surface area contributed by atoms with Gasteiger partial charge in [0.15, 0.2) is 0 Å². The Morgan fingerprint density at radius 2 is 1.59 bits per heavy atom. The maximum atomic E-state index is 12.4. The van der Waals surface area contributed by atoms with Crippen molar-refractivity contribution in [3.8, 4) is 17.2 Å². The number of hydrogen-bond acceptors (Lipinski definition) is 9. The van der Waals surface area contributed by atoms with Crippen molar-refractivity contribution in [1.29, 1.82) is 0 Å². The minimum Gasteiger partial charge on any atom is -0.491 e. The van der Waals surface area contributed by atoms with E-state index in [9.17, 15) is 14.7 Å². The fourth-order valence-corrected chi connectivity index (χ4v) is 3.98. The predicted molar refractivity (Wildman–Crippen MR) is 154 cm³/mol. The average molecular weight is 574 g/mol. The van der Waals surface area contributed by atoms with Gasteiger partial charge in [-0.1, -0.05) is 32.0 Å². The van der Waals surface area contributed by atoms with Crippen LogP contribution in [0.15, 0.2) is 54.6 Å². The number of nitrogens with one attached hydrogen (secondary N) is 2. The molecule has 2 aromatic carbocycles. The van der Waals surface area contributed by atoms with Crippen LogP contribution in [0, 0.1) is 5.92 Å². The molecular formula is C30H43N3O8. The van der Waals surface area contributed by atoms with Gasteiger partial charge in [0.2, 0.25) is 0 Å². The molecule has 0 aliphatic carbocycles. The maximum Gasteiger partial charge on any atom is 0.514 e. The van der Waals surface area contributed by atoms with Crippen molar-refractivity contribution in [3.05, 3.63) is 54.6 Å². The van der Waals surface area contributed by atoms with E-state index in [2.05, 4.69) is 24.5 Å². The Balaban J connectivity index is 1.19. The fourth-order valence-electron chi connectivity index (χ4n) is 3.98. The van der Waals surface area contributed by atoms with E-state index in [4.69, 9.17) is 23.7 Å². The highest BCUT2D eigenvalue weighted by Crippen LogP contribution is 2.18. The zero-order valence-corrected chi connectivity index (χ0v) is 24.0. The van der Waals surface area contributed by atoms with Gasteiger partial charge in [0.05, 0.1) is 6.61 Å². The van der Waals surface area contributed by atoms with Crippen LogP contribution in [0.25, 0.3) is 0 Å². The summed E-state index contributed by atoms with van der Waals surface area (Å²) in [4.78, 5) is 26.1. The molecule has 3 N–H and O–H groups in total. The summed E-state index contributed by atoms with van der Waals surface area (Å²) in [7, 11) is 0. The molecule has 0 radical (unpaired) electrons. The highest BCUT2D eigenvalue weighted by Gasteiger charge is 2.25. The zero-order chi connectivity index (χ0) is 29.3. The van der Waals surface area contributed by atoms with Crippen LogP contribution >= 0.6 is 0 Å². The van der Waals surface area contributed by atoms with Crippen LogP contribution in [-0.2, 0) is 9.47 Å². The number of amides is 2. The number of nitrogens with zero attached hydrogens (tertiary/aromatic N) is 1. The first-order valence-electron chi connectivity index (χ1n) is 14.2. The Morgan fingerprint density at radius 1 is 0.902 bits per heavy atom. The molecule has 2 aromatic rings. The van der Waals surface area contributed by atoms with E-state index in [0.29, 0.717) is 76.2 Å². The number of hydrogen-bond donors (Lipinski definition) is 3. The molecule has 0 aromatic heterocycles. The highest BCUT2D eigenvalue weighted by molar-refractivity contribution is 5.74. The Morgan fingerprint density at radius 3 is 2.27 bits per heavy atom. The number of ether oxygens (including phenoxy) is 5. The summed E-state index contributed by atoms with van der Waals surface area (Å²) in [5.74, 6) is 2.30. The standard InChI is InChI=1S/C30H43N3O8/c1-23(2)21-37-18-19-38-25-8-10-26(11-9-25)39-22-24(34)20-31-14-15-32-29(35)33-16-12-28(13-17-33)41-30(36)40-27-6-4-3-5-7-27/h3-11,23-24,28,31,34H,12-22H2,1-2H3,(H,32,35). The molecule has 1 atom stereocenters. The number of benzene rings is 2. The Bertz CT molecular complexity index is 1010. The summed E-state index contributed by atoms with van der Waals surface area (Å²) in [6, 6.07) is 15.8. The third-order valence-corrected chi connectivity index (χ3v) is 6.11. The minimum absolute atomic E-state index is 0.137. The number of aliphatic hydroxyl groups is 1. The van der Waals surface area contributed by atoms with E-state index in [0.717, 1.165) is 12.4 Å². The van der Waals surface area contributed by atoms with Crippen LogP contribution in [0.1, 0.15) is 26.7 Å². The fraction of sp³-hybridized carbons (Fsp3) is 0.533. The largest absolute Gasteiger partial charge is 0.514 e. The Kier molecular flexibility index (Phi) is 14.0. The summed E-state index contributed by atoms with van der Waals surface area (Å²) in [6.45, 7) is 8.30. The number of para-hydroxylation sites is 1. The summed E-state index contributed by atoms with van der Waals surface area (Å²) < 4.78 is 27.3. The van der Waals surface area contributed by atoms with Gasteiger partial charge in [-0.15, -0.1) is 0 Å². The third kappa shape index (κ3) is 13.1. The first kappa shape index (κ1) is 32.0. The minimum atomic E-state index is -0.737. The van der Waals surface area contributed by atoms with Crippen LogP contribution in [0.5, 0.6) is 17.2 Å². The second-order valence-electron chi connectivity index (χ2n) is 10.2. The Hall–Kier alpha value is -3.54. The Labute approximate surface area is 242 Å². The molecule has 1 fully saturated rings. The molecule has 11 heteroatoms.